The number of benzene rings is 10. The van der Waals surface area contributed by atoms with Crippen LogP contribution in [-0.2, 0) is 10.8 Å². The van der Waals surface area contributed by atoms with Crippen LogP contribution in [0, 0.1) is 0 Å². The van der Waals surface area contributed by atoms with Crippen molar-refractivity contribution in [2.24, 2.45) is 0 Å². The van der Waals surface area contributed by atoms with E-state index in [0.29, 0.717) is 0 Å². The third-order valence-electron chi connectivity index (χ3n) is 14.5. The molecule has 12 rings (SSSR count). The molecule has 0 atom stereocenters. The monoisotopic (exact) mass is 790 g/mol. The molecule has 0 saturated heterocycles. The summed E-state index contributed by atoms with van der Waals surface area (Å²) in [5.74, 6) is 0. The van der Waals surface area contributed by atoms with E-state index >= 15 is 0 Å². The molecule has 10 aromatic rings. The van der Waals surface area contributed by atoms with Gasteiger partial charge in [-0.15, -0.1) is 0 Å². The maximum atomic E-state index is 4.82. The van der Waals surface area contributed by atoms with Crippen molar-refractivity contribution in [3.05, 3.63) is 229 Å². The number of allylic oxidation sites excluding steroid dienone is 4. The summed E-state index contributed by atoms with van der Waals surface area (Å²) in [6.07, 6.45) is 4.20. The summed E-state index contributed by atoms with van der Waals surface area (Å²) < 4.78 is 0. The average molecular weight is 791 g/mol. The summed E-state index contributed by atoms with van der Waals surface area (Å²) >= 11 is 0. The van der Waals surface area contributed by atoms with Crippen molar-refractivity contribution in [1.82, 2.24) is 0 Å². The average Bonchev–Trinajstić information content (AvgIpc) is 3.67. The molecule has 2 aliphatic carbocycles. The Morgan fingerprint density at radius 3 is 1.60 bits per heavy atom. The number of fused-ring (bicyclic) bond motifs is 13. The van der Waals surface area contributed by atoms with Gasteiger partial charge in [0, 0.05) is 10.8 Å². The second kappa shape index (κ2) is 13.1. The van der Waals surface area contributed by atoms with Crippen LogP contribution in [0.1, 0.15) is 61.1 Å². The minimum atomic E-state index is -0.207. The van der Waals surface area contributed by atoms with Gasteiger partial charge in [0.1, 0.15) is 0 Å². The molecular weight excluding hydrogens is 745 g/mol. The van der Waals surface area contributed by atoms with Crippen LogP contribution >= 0.6 is 0 Å². The van der Waals surface area contributed by atoms with Gasteiger partial charge in [-0.2, -0.15) is 0 Å². The quantitative estimate of drug-likeness (QED) is 0.0925. The van der Waals surface area contributed by atoms with E-state index in [-0.39, 0.29) is 10.8 Å². The van der Waals surface area contributed by atoms with Crippen LogP contribution in [0.5, 0.6) is 0 Å². The molecule has 0 spiro atoms. The van der Waals surface area contributed by atoms with Crippen molar-refractivity contribution in [2.45, 2.75) is 38.5 Å². The third-order valence-corrected chi connectivity index (χ3v) is 14.5. The van der Waals surface area contributed by atoms with E-state index < -0.39 is 0 Å². The zero-order valence-corrected chi connectivity index (χ0v) is 35.7. The molecule has 0 heteroatoms. The van der Waals surface area contributed by atoms with E-state index in [0.717, 1.165) is 22.3 Å². The van der Waals surface area contributed by atoms with Gasteiger partial charge in [-0.25, -0.2) is 0 Å². The molecule has 0 nitrogen and oxygen atoms in total. The highest BCUT2D eigenvalue weighted by atomic mass is 14.5. The van der Waals surface area contributed by atoms with Gasteiger partial charge in [-0.1, -0.05) is 193 Å². The summed E-state index contributed by atoms with van der Waals surface area (Å²) in [4.78, 5) is 0. The molecular formula is C62H46. The lowest BCUT2D eigenvalue weighted by Crippen LogP contribution is -2.17. The zero-order chi connectivity index (χ0) is 42.1. The minimum absolute atomic E-state index is 0.0703. The first-order valence-electron chi connectivity index (χ1n) is 21.9. The Balaban J connectivity index is 1.07. The van der Waals surface area contributed by atoms with Gasteiger partial charge in [-0.3, -0.25) is 0 Å². The molecule has 0 amide bonds. The van der Waals surface area contributed by atoms with Gasteiger partial charge in [0.2, 0.25) is 0 Å². The van der Waals surface area contributed by atoms with Gasteiger partial charge in [0.05, 0.1) is 0 Å². The molecule has 0 aromatic heterocycles. The standard InChI is InChI=1S/C62H46/c1-7-38(41-31-30-40-29-28-39-18-8-9-19-42(39)50(40)33-41)32-37(2)58-46-23-12-14-25-48(46)59(49-26-15-13-24-47(49)58)52-35-57-60(45-22-11-10-20-43(45)52)53-36-55-51(34-56(53)62(57,5)6)44-21-16-17-27-54(44)61(55,3)4/h7-36H,1-2H2,3-6H3/b38-32+. The smallest absolute Gasteiger partial charge is 0.0159 e. The molecule has 2 aliphatic rings. The molecule has 10 aromatic carbocycles. The molecule has 0 N–H and O–H groups in total. The first-order valence-corrected chi connectivity index (χ1v) is 21.9. The summed E-state index contributed by atoms with van der Waals surface area (Å²) in [7, 11) is 0. The van der Waals surface area contributed by atoms with Crippen molar-refractivity contribution < 1.29 is 0 Å². The van der Waals surface area contributed by atoms with Crippen LogP contribution in [0.25, 0.3) is 98.4 Å². The molecule has 0 heterocycles. The first kappa shape index (κ1) is 36.6. The Morgan fingerprint density at radius 2 is 0.903 bits per heavy atom. The van der Waals surface area contributed by atoms with E-state index in [2.05, 4.69) is 210 Å². The van der Waals surface area contributed by atoms with Gasteiger partial charge in [0.25, 0.3) is 0 Å². The van der Waals surface area contributed by atoms with Crippen LogP contribution in [0.3, 0.4) is 0 Å². The van der Waals surface area contributed by atoms with E-state index in [1.165, 1.54) is 109 Å². The van der Waals surface area contributed by atoms with Crippen molar-refractivity contribution in [1.29, 1.82) is 0 Å². The van der Waals surface area contributed by atoms with Crippen LogP contribution in [-0.4, -0.2) is 0 Å². The van der Waals surface area contributed by atoms with E-state index in [4.69, 9.17) is 6.58 Å². The molecule has 62 heavy (non-hydrogen) atoms. The van der Waals surface area contributed by atoms with E-state index in [1.807, 2.05) is 6.08 Å². The van der Waals surface area contributed by atoms with E-state index in [1.54, 1.807) is 0 Å². The molecule has 0 fully saturated rings. The van der Waals surface area contributed by atoms with Crippen LogP contribution in [0.15, 0.2) is 195 Å². The van der Waals surface area contributed by atoms with Crippen LogP contribution < -0.4 is 0 Å². The summed E-state index contributed by atoms with van der Waals surface area (Å²) in [6.45, 7) is 18.8. The summed E-state index contributed by atoms with van der Waals surface area (Å²) in [6, 6.07) is 63.4. The van der Waals surface area contributed by atoms with Gasteiger partial charge >= 0.3 is 0 Å². The molecule has 294 valence electrons. The predicted molar refractivity (Wildman–Crippen MR) is 268 cm³/mol. The molecule has 0 saturated carbocycles. The van der Waals surface area contributed by atoms with Crippen molar-refractivity contribution >= 4 is 65.0 Å². The summed E-state index contributed by atoms with van der Waals surface area (Å²) in [5, 5.41) is 12.4. The number of rotatable bonds is 5. The highest BCUT2D eigenvalue weighted by Gasteiger charge is 2.42. The maximum absolute atomic E-state index is 4.82. The van der Waals surface area contributed by atoms with Crippen molar-refractivity contribution in [2.75, 3.05) is 0 Å². The largest absolute Gasteiger partial charge is 0.0984 e. The maximum Gasteiger partial charge on any atom is 0.0159 e. The van der Waals surface area contributed by atoms with Crippen LogP contribution in [0.4, 0.5) is 0 Å². The lowest BCUT2D eigenvalue weighted by Gasteiger charge is -2.25. The van der Waals surface area contributed by atoms with Crippen LogP contribution in [0.2, 0.25) is 0 Å². The fourth-order valence-corrected chi connectivity index (χ4v) is 11.4. The molecule has 0 radical (unpaired) electrons. The lowest BCUT2D eigenvalue weighted by atomic mass is 9.78. The second-order valence-electron chi connectivity index (χ2n) is 18.5. The Labute approximate surface area is 363 Å². The minimum Gasteiger partial charge on any atom is -0.0984 e. The second-order valence-corrected chi connectivity index (χ2v) is 18.5. The SMILES string of the molecule is C=C/C(=C\C(=C)c1c2ccccc2c(-c2cc3c(c4ccccc24)-c2cc4c(cc2C3(C)C)-c2ccccc2C4(C)C)c2ccccc12)c1ccc2ccc3ccccc3c2c1. The predicted octanol–water partition coefficient (Wildman–Crippen LogP) is 17.0. The normalized spacial score (nSPS) is 14.6. The Morgan fingerprint density at radius 1 is 0.403 bits per heavy atom. The van der Waals surface area contributed by atoms with Gasteiger partial charge < -0.3 is 0 Å². The molecule has 0 bridgehead atoms. The Kier molecular flexibility index (Phi) is 7.73. The van der Waals surface area contributed by atoms with Gasteiger partial charge in [0.15, 0.2) is 0 Å². The first-order chi connectivity index (χ1) is 30.1. The molecule has 0 aliphatic heterocycles. The Hall–Kier alpha value is -7.28. The number of hydrogen-bond acceptors (Lipinski definition) is 0. The highest BCUT2D eigenvalue weighted by molar-refractivity contribution is 6.23. The van der Waals surface area contributed by atoms with Gasteiger partial charge in [-0.05, 0) is 162 Å². The number of hydrogen-bond donors (Lipinski definition) is 0. The Bertz CT molecular complexity index is 3600. The topological polar surface area (TPSA) is 0 Å². The van der Waals surface area contributed by atoms with Crippen molar-refractivity contribution in [3.63, 3.8) is 0 Å². The highest BCUT2D eigenvalue weighted by Crippen LogP contribution is 2.59. The van der Waals surface area contributed by atoms with E-state index in [9.17, 15) is 0 Å². The third kappa shape index (κ3) is 5.01. The lowest BCUT2D eigenvalue weighted by molar-refractivity contribution is 0.652. The fourth-order valence-electron chi connectivity index (χ4n) is 11.4. The molecule has 0 unspecified atom stereocenters. The zero-order valence-electron chi connectivity index (χ0n) is 35.7. The van der Waals surface area contributed by atoms with Crippen molar-refractivity contribution in [3.8, 4) is 33.4 Å². The fraction of sp³-hybridized carbons (Fsp3) is 0.0968. The summed E-state index contributed by atoms with van der Waals surface area (Å²) in [5.41, 5.74) is 17.7.